The van der Waals surface area contributed by atoms with Crippen molar-refractivity contribution in [2.75, 3.05) is 0 Å². The van der Waals surface area contributed by atoms with Crippen LogP contribution in [0.15, 0.2) is 66.7 Å². The van der Waals surface area contributed by atoms with Crippen molar-refractivity contribution in [2.24, 2.45) is 0 Å². The number of aromatic carboxylic acids is 3. The number of hydrogen-bond donors (Lipinski definition) is 3. The fourth-order valence-corrected chi connectivity index (χ4v) is 2.62. The van der Waals surface area contributed by atoms with E-state index in [4.69, 9.17) is 19.7 Å². The molecule has 33 heavy (non-hydrogen) atoms. The van der Waals surface area contributed by atoms with Crippen LogP contribution < -0.4 is 9.47 Å². The first kappa shape index (κ1) is 22.7. The normalized spacial score (nSPS) is 10.2. The van der Waals surface area contributed by atoms with Crippen LogP contribution in [-0.4, -0.2) is 45.2 Å². The Labute approximate surface area is 185 Å². The van der Waals surface area contributed by atoms with Gasteiger partial charge in [0, 0.05) is 0 Å². The summed E-state index contributed by atoms with van der Waals surface area (Å²) in [6.07, 6.45) is 0. The van der Waals surface area contributed by atoms with Gasteiger partial charge in [0.25, 0.3) is 0 Å². The first-order chi connectivity index (χ1) is 15.7. The van der Waals surface area contributed by atoms with E-state index in [1.54, 1.807) is 0 Å². The van der Waals surface area contributed by atoms with Crippen molar-refractivity contribution in [3.05, 3.63) is 94.5 Å². The molecule has 0 atom stereocenters. The molecular weight excluding hydrogens is 436 g/mol. The Bertz CT molecular complexity index is 1260. The molecule has 0 aliphatic heterocycles. The summed E-state index contributed by atoms with van der Waals surface area (Å²) in [6.45, 7) is 0. The number of esters is 2. The largest absolute Gasteiger partial charge is 0.478 e. The highest BCUT2D eigenvalue weighted by molar-refractivity contribution is 5.96. The number of ether oxygens (including phenoxy) is 2. The van der Waals surface area contributed by atoms with Crippen LogP contribution in [0, 0.1) is 0 Å². The number of hydrogen-bond acceptors (Lipinski definition) is 7. The van der Waals surface area contributed by atoms with Crippen molar-refractivity contribution >= 4 is 29.8 Å². The zero-order valence-corrected chi connectivity index (χ0v) is 16.6. The van der Waals surface area contributed by atoms with E-state index in [9.17, 15) is 29.1 Å². The lowest BCUT2D eigenvalue weighted by molar-refractivity contribution is 0.0672. The fourth-order valence-electron chi connectivity index (χ4n) is 2.62. The van der Waals surface area contributed by atoms with Crippen molar-refractivity contribution in [1.82, 2.24) is 0 Å². The predicted molar refractivity (Wildman–Crippen MR) is 110 cm³/mol. The number of carboxylic acids is 3. The summed E-state index contributed by atoms with van der Waals surface area (Å²) in [4.78, 5) is 58.1. The number of carbonyl (C=O) groups excluding carboxylic acids is 2. The Morgan fingerprint density at radius 2 is 0.788 bits per heavy atom. The van der Waals surface area contributed by atoms with Gasteiger partial charge in [-0.1, -0.05) is 0 Å². The molecule has 3 aromatic rings. The molecule has 0 amide bonds. The lowest BCUT2D eigenvalue weighted by Crippen LogP contribution is -2.13. The minimum absolute atomic E-state index is 0.00356. The average molecular weight is 450 g/mol. The Morgan fingerprint density at radius 1 is 0.455 bits per heavy atom. The van der Waals surface area contributed by atoms with Crippen molar-refractivity contribution < 1.29 is 48.8 Å². The molecule has 3 aromatic carbocycles. The van der Waals surface area contributed by atoms with Gasteiger partial charge in [0.2, 0.25) is 0 Å². The Balaban J connectivity index is 1.87. The first-order valence-electron chi connectivity index (χ1n) is 9.14. The molecule has 0 aliphatic rings. The molecule has 10 heteroatoms. The third kappa shape index (κ3) is 5.39. The third-order valence-electron chi connectivity index (χ3n) is 4.33. The summed E-state index contributed by atoms with van der Waals surface area (Å²) < 4.78 is 10.4. The molecule has 166 valence electrons. The van der Waals surface area contributed by atoms with E-state index < -0.39 is 29.8 Å². The molecule has 0 aliphatic carbocycles. The van der Waals surface area contributed by atoms with E-state index in [0.29, 0.717) is 0 Å². The molecule has 3 N–H and O–H groups in total. The number of rotatable bonds is 7. The molecule has 3 rings (SSSR count). The molecule has 0 aromatic heterocycles. The quantitative estimate of drug-likeness (QED) is 0.359. The zero-order valence-electron chi connectivity index (χ0n) is 16.6. The summed E-state index contributed by atoms with van der Waals surface area (Å²) in [5.74, 6) is -6.16. The third-order valence-corrected chi connectivity index (χ3v) is 4.33. The summed E-state index contributed by atoms with van der Waals surface area (Å²) in [5, 5.41) is 27.1. The van der Waals surface area contributed by atoms with Crippen molar-refractivity contribution in [3.8, 4) is 11.5 Å². The summed E-state index contributed by atoms with van der Waals surface area (Å²) in [7, 11) is 0. The van der Waals surface area contributed by atoms with Gasteiger partial charge in [-0.25, -0.2) is 24.0 Å². The highest BCUT2D eigenvalue weighted by Crippen LogP contribution is 2.30. The highest BCUT2D eigenvalue weighted by Gasteiger charge is 2.19. The zero-order chi connectivity index (χ0) is 24.1. The van der Waals surface area contributed by atoms with Gasteiger partial charge in [-0.3, -0.25) is 0 Å². The van der Waals surface area contributed by atoms with Gasteiger partial charge in [0.15, 0.2) is 11.5 Å². The predicted octanol–water partition coefficient (Wildman–Crippen LogP) is 3.22. The molecule has 0 spiro atoms. The average Bonchev–Trinajstić information content (AvgIpc) is 2.80. The summed E-state index contributed by atoms with van der Waals surface area (Å²) in [5.41, 5.74) is -0.361. The molecule has 0 fully saturated rings. The molecule has 0 bridgehead atoms. The number of carboxylic acid groups (broad SMARTS) is 3. The maximum atomic E-state index is 12.5. The van der Waals surface area contributed by atoms with Crippen molar-refractivity contribution in [3.63, 3.8) is 0 Å². The minimum atomic E-state index is -1.32. The summed E-state index contributed by atoms with van der Waals surface area (Å²) >= 11 is 0. The first-order valence-corrected chi connectivity index (χ1v) is 9.14. The van der Waals surface area contributed by atoms with E-state index in [2.05, 4.69) is 0 Å². The topological polar surface area (TPSA) is 164 Å². The van der Waals surface area contributed by atoms with E-state index >= 15 is 0 Å². The lowest BCUT2D eigenvalue weighted by Gasteiger charge is -2.12. The summed E-state index contributed by atoms with van der Waals surface area (Å²) in [6, 6.07) is 12.9. The van der Waals surface area contributed by atoms with Gasteiger partial charge in [-0.2, -0.15) is 0 Å². The van der Waals surface area contributed by atoms with E-state index in [1.807, 2.05) is 0 Å². The fraction of sp³-hybridized carbons (Fsp3) is 0. The van der Waals surface area contributed by atoms with Crippen LogP contribution in [0.2, 0.25) is 0 Å². The van der Waals surface area contributed by atoms with Crippen molar-refractivity contribution in [1.29, 1.82) is 0 Å². The maximum Gasteiger partial charge on any atom is 0.343 e. The van der Waals surface area contributed by atoms with Crippen LogP contribution in [0.5, 0.6) is 11.5 Å². The highest BCUT2D eigenvalue weighted by atomic mass is 16.6. The molecule has 0 unspecified atom stereocenters. The van der Waals surface area contributed by atoms with E-state index in [1.165, 1.54) is 48.5 Å². The van der Waals surface area contributed by atoms with Crippen LogP contribution in [0.3, 0.4) is 0 Å². The second-order valence-corrected chi connectivity index (χ2v) is 6.51. The Hall–Kier alpha value is -4.99. The monoisotopic (exact) mass is 450 g/mol. The van der Waals surface area contributed by atoms with Crippen LogP contribution in [0.1, 0.15) is 51.8 Å². The lowest BCUT2D eigenvalue weighted by atomic mass is 10.1. The van der Waals surface area contributed by atoms with Crippen LogP contribution in [0.25, 0.3) is 0 Å². The van der Waals surface area contributed by atoms with E-state index in [-0.39, 0.29) is 39.3 Å². The second kappa shape index (κ2) is 9.43. The van der Waals surface area contributed by atoms with Crippen LogP contribution >= 0.6 is 0 Å². The maximum absolute atomic E-state index is 12.5. The Morgan fingerprint density at radius 3 is 1.18 bits per heavy atom. The standard InChI is InChI=1S/C23H14O10/c24-19(25)12-1-5-14(6-2-12)22(30)32-17-10-9-16(21(28)29)11-18(17)33-23(31)15-7-3-13(4-8-15)20(26)27/h1-11H,(H,24,25)(H,26,27)(H,28,29). The van der Waals surface area contributed by atoms with Gasteiger partial charge in [0.1, 0.15) is 0 Å². The Kier molecular flexibility index (Phi) is 6.49. The van der Waals surface area contributed by atoms with Gasteiger partial charge in [-0.15, -0.1) is 0 Å². The smallest absolute Gasteiger partial charge is 0.343 e. The van der Waals surface area contributed by atoms with Gasteiger partial charge >= 0.3 is 29.8 Å². The van der Waals surface area contributed by atoms with Crippen LogP contribution in [-0.2, 0) is 0 Å². The molecule has 10 nitrogen and oxygen atoms in total. The second-order valence-electron chi connectivity index (χ2n) is 6.51. The molecule has 0 heterocycles. The van der Waals surface area contributed by atoms with E-state index in [0.717, 1.165) is 18.2 Å². The van der Waals surface area contributed by atoms with Gasteiger partial charge in [-0.05, 0) is 66.7 Å². The molecule has 0 radical (unpaired) electrons. The minimum Gasteiger partial charge on any atom is -0.478 e. The number of carbonyl (C=O) groups is 5. The molecule has 0 saturated carbocycles. The van der Waals surface area contributed by atoms with Gasteiger partial charge < -0.3 is 24.8 Å². The number of benzene rings is 3. The SMILES string of the molecule is O=C(O)c1ccc(C(=O)Oc2ccc(C(=O)O)cc2OC(=O)c2ccc(C(=O)O)cc2)cc1. The molecule has 0 saturated heterocycles. The van der Waals surface area contributed by atoms with Crippen molar-refractivity contribution in [2.45, 2.75) is 0 Å². The van der Waals surface area contributed by atoms with Crippen LogP contribution in [0.4, 0.5) is 0 Å². The van der Waals surface area contributed by atoms with Gasteiger partial charge in [0.05, 0.1) is 27.8 Å². The molecular formula is C23H14O10.